The van der Waals surface area contributed by atoms with E-state index in [1.807, 2.05) is 50.1 Å². The first-order valence-electron chi connectivity index (χ1n) is 6.25. The maximum atomic E-state index is 13.6. The summed E-state index contributed by atoms with van der Waals surface area (Å²) in [4.78, 5) is 8.47. The maximum absolute atomic E-state index is 13.6. The van der Waals surface area contributed by atoms with Crippen molar-refractivity contribution in [3.8, 4) is 0 Å². The fraction of sp³-hybridized carbons (Fsp3) is 0.500. The van der Waals surface area contributed by atoms with Crippen LogP contribution < -0.4 is 0 Å². The summed E-state index contributed by atoms with van der Waals surface area (Å²) < 4.78 is 14.4. The minimum atomic E-state index is -0.154. The van der Waals surface area contributed by atoms with Gasteiger partial charge >= 0.3 is 0 Å². The van der Waals surface area contributed by atoms with Crippen molar-refractivity contribution in [2.75, 3.05) is 34.7 Å². The predicted molar refractivity (Wildman–Crippen MR) is 82.1 cm³/mol. The molecule has 0 unspecified atom stereocenters. The molecule has 0 radical (unpaired) electrons. The second-order valence-electron chi connectivity index (χ2n) is 4.81. The summed E-state index contributed by atoms with van der Waals surface area (Å²) in [6.45, 7) is 0.696. The van der Waals surface area contributed by atoms with Crippen LogP contribution in [0.15, 0.2) is 27.7 Å². The third-order valence-electron chi connectivity index (χ3n) is 2.67. The Morgan fingerprint density at radius 1 is 1.21 bits per heavy atom. The van der Waals surface area contributed by atoms with Crippen molar-refractivity contribution < 1.29 is 4.39 Å². The Morgan fingerprint density at radius 3 is 2.37 bits per heavy atom. The summed E-state index contributed by atoms with van der Waals surface area (Å²) in [6, 6.07) is 5.19. The molecule has 5 heteroatoms. The molecule has 106 valence electrons. The van der Waals surface area contributed by atoms with Gasteiger partial charge in [0.15, 0.2) is 5.96 Å². The standard InChI is InChI=1S/C14H21BrFN3/c1-18(2)14(19(3)4)17-9-5-6-11-7-8-12(15)10-13(11)16/h7-8,10H,5-6,9H2,1-4H3. The highest BCUT2D eigenvalue weighted by molar-refractivity contribution is 9.10. The van der Waals surface area contributed by atoms with Crippen molar-refractivity contribution in [1.82, 2.24) is 9.80 Å². The van der Waals surface area contributed by atoms with E-state index in [0.29, 0.717) is 13.0 Å². The van der Waals surface area contributed by atoms with Crippen LogP contribution in [0, 0.1) is 5.82 Å². The average Bonchev–Trinajstić information content (AvgIpc) is 2.30. The third kappa shape index (κ3) is 5.19. The number of benzene rings is 1. The molecule has 1 aromatic carbocycles. The summed E-state index contributed by atoms with van der Waals surface area (Å²) in [5.41, 5.74) is 0.745. The minimum Gasteiger partial charge on any atom is -0.349 e. The highest BCUT2D eigenvalue weighted by Gasteiger charge is 2.05. The zero-order valence-corrected chi connectivity index (χ0v) is 13.5. The molecule has 1 aromatic rings. The lowest BCUT2D eigenvalue weighted by Crippen LogP contribution is -2.35. The number of rotatable bonds is 4. The molecule has 0 atom stereocenters. The van der Waals surface area contributed by atoms with Gasteiger partial charge in [0.25, 0.3) is 0 Å². The van der Waals surface area contributed by atoms with Gasteiger partial charge in [-0.25, -0.2) is 4.39 Å². The molecule has 3 nitrogen and oxygen atoms in total. The van der Waals surface area contributed by atoms with Crippen LogP contribution in [0.1, 0.15) is 12.0 Å². The summed E-state index contributed by atoms with van der Waals surface area (Å²) in [7, 11) is 7.86. The van der Waals surface area contributed by atoms with Crippen LogP contribution in [0.4, 0.5) is 4.39 Å². The van der Waals surface area contributed by atoms with Gasteiger partial charge in [0.2, 0.25) is 0 Å². The molecule has 0 amide bonds. The van der Waals surface area contributed by atoms with Gasteiger partial charge in [-0.3, -0.25) is 4.99 Å². The Balaban J connectivity index is 2.52. The second kappa shape index (κ2) is 7.48. The van der Waals surface area contributed by atoms with Crippen molar-refractivity contribution >= 4 is 21.9 Å². The quantitative estimate of drug-likeness (QED) is 0.480. The topological polar surface area (TPSA) is 18.8 Å². The van der Waals surface area contributed by atoms with Crippen molar-refractivity contribution in [3.05, 3.63) is 34.1 Å². The largest absolute Gasteiger partial charge is 0.349 e. The lowest BCUT2D eigenvalue weighted by Gasteiger charge is -2.22. The lowest BCUT2D eigenvalue weighted by molar-refractivity contribution is 0.478. The number of hydrogen-bond acceptors (Lipinski definition) is 1. The van der Waals surface area contributed by atoms with Gasteiger partial charge in [-0.15, -0.1) is 0 Å². The van der Waals surface area contributed by atoms with E-state index in [0.717, 1.165) is 22.4 Å². The molecule has 1 rings (SSSR count). The smallest absolute Gasteiger partial charge is 0.195 e. The number of aryl methyl sites for hydroxylation is 1. The van der Waals surface area contributed by atoms with E-state index >= 15 is 0 Å². The number of nitrogens with zero attached hydrogens (tertiary/aromatic N) is 3. The van der Waals surface area contributed by atoms with Crippen LogP contribution in [-0.2, 0) is 6.42 Å². The van der Waals surface area contributed by atoms with Crippen LogP contribution in [0.3, 0.4) is 0 Å². The fourth-order valence-electron chi connectivity index (χ4n) is 1.86. The summed E-state index contributed by atoms with van der Waals surface area (Å²) in [5.74, 6) is 0.773. The molecular formula is C14H21BrFN3. The molecule has 0 aromatic heterocycles. The van der Waals surface area contributed by atoms with Crippen LogP contribution >= 0.6 is 15.9 Å². The fourth-order valence-corrected chi connectivity index (χ4v) is 2.19. The van der Waals surface area contributed by atoms with E-state index in [2.05, 4.69) is 20.9 Å². The average molecular weight is 330 g/mol. The van der Waals surface area contributed by atoms with Crippen molar-refractivity contribution in [2.24, 2.45) is 4.99 Å². The molecule has 0 saturated carbocycles. The van der Waals surface area contributed by atoms with Gasteiger partial charge in [0.1, 0.15) is 5.82 Å². The Morgan fingerprint density at radius 2 is 1.84 bits per heavy atom. The first kappa shape index (κ1) is 16.0. The van der Waals surface area contributed by atoms with E-state index in [4.69, 9.17) is 0 Å². The van der Waals surface area contributed by atoms with Gasteiger partial charge in [0.05, 0.1) is 0 Å². The highest BCUT2D eigenvalue weighted by atomic mass is 79.9. The Kier molecular flexibility index (Phi) is 6.28. The van der Waals surface area contributed by atoms with Gasteiger partial charge < -0.3 is 9.80 Å². The minimum absolute atomic E-state index is 0.154. The number of aliphatic imine (C=N–C) groups is 1. The summed E-state index contributed by atoms with van der Waals surface area (Å²) in [6.07, 6.45) is 1.54. The third-order valence-corrected chi connectivity index (χ3v) is 3.17. The van der Waals surface area contributed by atoms with E-state index in [1.165, 1.54) is 6.07 Å². The molecule has 0 aliphatic heterocycles. The zero-order chi connectivity index (χ0) is 14.4. The highest BCUT2D eigenvalue weighted by Crippen LogP contribution is 2.16. The van der Waals surface area contributed by atoms with E-state index in [-0.39, 0.29) is 5.82 Å². The molecule has 0 fully saturated rings. The van der Waals surface area contributed by atoms with E-state index < -0.39 is 0 Å². The van der Waals surface area contributed by atoms with Crippen molar-refractivity contribution in [3.63, 3.8) is 0 Å². The first-order valence-corrected chi connectivity index (χ1v) is 7.04. The Bertz CT molecular complexity index is 434. The van der Waals surface area contributed by atoms with Crippen LogP contribution in [0.2, 0.25) is 0 Å². The molecule has 0 aliphatic carbocycles. The Hall–Kier alpha value is -1.10. The van der Waals surface area contributed by atoms with Gasteiger partial charge in [-0.05, 0) is 30.5 Å². The van der Waals surface area contributed by atoms with Crippen LogP contribution in [0.5, 0.6) is 0 Å². The zero-order valence-electron chi connectivity index (χ0n) is 12.0. The maximum Gasteiger partial charge on any atom is 0.195 e. The molecule has 0 bridgehead atoms. The van der Waals surface area contributed by atoms with Crippen LogP contribution in [-0.4, -0.2) is 50.5 Å². The van der Waals surface area contributed by atoms with E-state index in [1.54, 1.807) is 0 Å². The molecule has 0 N–H and O–H groups in total. The summed E-state index contributed by atoms with van der Waals surface area (Å²) in [5, 5.41) is 0. The monoisotopic (exact) mass is 329 g/mol. The SMILES string of the molecule is CN(C)C(=NCCCc1ccc(Br)cc1F)N(C)C. The normalized spacial score (nSPS) is 10.2. The number of halogens is 2. The molecular weight excluding hydrogens is 309 g/mol. The molecule has 0 spiro atoms. The van der Waals surface area contributed by atoms with Crippen molar-refractivity contribution in [1.29, 1.82) is 0 Å². The van der Waals surface area contributed by atoms with Crippen molar-refractivity contribution in [2.45, 2.75) is 12.8 Å². The van der Waals surface area contributed by atoms with Gasteiger partial charge in [0, 0.05) is 39.2 Å². The van der Waals surface area contributed by atoms with Gasteiger partial charge in [-0.1, -0.05) is 22.0 Å². The molecule has 0 aliphatic rings. The van der Waals surface area contributed by atoms with Gasteiger partial charge in [-0.2, -0.15) is 0 Å². The second-order valence-corrected chi connectivity index (χ2v) is 5.73. The van der Waals surface area contributed by atoms with E-state index in [9.17, 15) is 4.39 Å². The Labute approximate surface area is 123 Å². The molecule has 0 heterocycles. The number of guanidine groups is 1. The number of hydrogen-bond donors (Lipinski definition) is 0. The molecule has 19 heavy (non-hydrogen) atoms. The van der Waals surface area contributed by atoms with Crippen LogP contribution in [0.25, 0.3) is 0 Å². The predicted octanol–water partition coefficient (Wildman–Crippen LogP) is 3.00. The lowest BCUT2D eigenvalue weighted by atomic mass is 10.1. The summed E-state index contributed by atoms with van der Waals surface area (Å²) >= 11 is 3.26. The molecule has 0 saturated heterocycles. The first-order chi connectivity index (χ1) is 8.91.